The van der Waals surface area contributed by atoms with Crippen LogP contribution >= 0.6 is 0 Å². The molecule has 1 N–H and O–H groups in total. The van der Waals surface area contributed by atoms with Gasteiger partial charge in [0, 0.05) is 29.2 Å². The van der Waals surface area contributed by atoms with Crippen LogP contribution < -0.4 is 5.32 Å². The molecule has 0 spiro atoms. The molecule has 0 atom stereocenters. The normalized spacial score (nSPS) is 11.3. The predicted molar refractivity (Wildman–Crippen MR) is 103 cm³/mol. The second-order valence-electron chi connectivity index (χ2n) is 7.31. The monoisotopic (exact) mass is 382 g/mol. The van der Waals surface area contributed by atoms with Crippen molar-refractivity contribution < 1.29 is 14.1 Å². The molecule has 0 aliphatic carbocycles. The van der Waals surface area contributed by atoms with Crippen molar-refractivity contribution >= 4 is 17.4 Å². The standard InChI is InChI=1S/C20H19FN4O3/c1-20(2,3)17-12-18(24(23-17)15-10-6-14(21)7-11-15)22-19(26)13-4-8-16(9-5-13)25(27)28/h4-12H,1-3H3,(H,22,26). The molecule has 144 valence electrons. The molecule has 3 aromatic rings. The maximum Gasteiger partial charge on any atom is 0.269 e. The van der Waals surface area contributed by atoms with Gasteiger partial charge >= 0.3 is 0 Å². The molecule has 1 aromatic heterocycles. The van der Waals surface area contributed by atoms with Crippen LogP contribution in [0.2, 0.25) is 0 Å². The van der Waals surface area contributed by atoms with Gasteiger partial charge in [-0.2, -0.15) is 5.10 Å². The first-order chi connectivity index (χ1) is 13.1. The van der Waals surface area contributed by atoms with E-state index in [1.807, 2.05) is 20.8 Å². The summed E-state index contributed by atoms with van der Waals surface area (Å²) in [5.74, 6) is -0.387. The van der Waals surface area contributed by atoms with Crippen LogP contribution in [-0.2, 0) is 5.41 Å². The number of halogens is 1. The fourth-order valence-corrected chi connectivity index (χ4v) is 2.54. The predicted octanol–water partition coefficient (Wildman–Crippen LogP) is 4.47. The van der Waals surface area contributed by atoms with Gasteiger partial charge in [-0.25, -0.2) is 9.07 Å². The van der Waals surface area contributed by atoms with Gasteiger partial charge < -0.3 is 5.32 Å². The minimum Gasteiger partial charge on any atom is -0.306 e. The van der Waals surface area contributed by atoms with E-state index in [4.69, 9.17) is 0 Å². The first-order valence-corrected chi connectivity index (χ1v) is 8.57. The summed E-state index contributed by atoms with van der Waals surface area (Å²) in [7, 11) is 0. The average molecular weight is 382 g/mol. The topological polar surface area (TPSA) is 90.1 Å². The Bertz CT molecular complexity index is 1020. The van der Waals surface area contributed by atoms with Crippen LogP contribution in [0.15, 0.2) is 54.6 Å². The van der Waals surface area contributed by atoms with Crippen LogP contribution in [0, 0.1) is 15.9 Å². The highest BCUT2D eigenvalue weighted by molar-refractivity contribution is 6.04. The molecule has 0 bridgehead atoms. The van der Waals surface area contributed by atoms with Crippen LogP contribution in [0.4, 0.5) is 15.9 Å². The summed E-state index contributed by atoms with van der Waals surface area (Å²) in [6, 6.07) is 12.8. The summed E-state index contributed by atoms with van der Waals surface area (Å²) in [6.07, 6.45) is 0. The second-order valence-corrected chi connectivity index (χ2v) is 7.31. The number of rotatable bonds is 4. The highest BCUT2D eigenvalue weighted by atomic mass is 19.1. The zero-order valence-electron chi connectivity index (χ0n) is 15.6. The lowest BCUT2D eigenvalue weighted by atomic mass is 9.92. The third kappa shape index (κ3) is 4.06. The first kappa shape index (κ1) is 19.2. The van der Waals surface area contributed by atoms with Crippen molar-refractivity contribution in [3.63, 3.8) is 0 Å². The smallest absolute Gasteiger partial charge is 0.269 e. The van der Waals surface area contributed by atoms with E-state index in [0.29, 0.717) is 11.5 Å². The van der Waals surface area contributed by atoms with Crippen molar-refractivity contribution in [3.8, 4) is 5.69 Å². The lowest BCUT2D eigenvalue weighted by Gasteiger charge is -2.14. The third-order valence-corrected chi connectivity index (χ3v) is 4.13. The van der Waals surface area contributed by atoms with E-state index in [0.717, 1.165) is 5.69 Å². The van der Waals surface area contributed by atoms with Crippen LogP contribution in [0.1, 0.15) is 36.8 Å². The van der Waals surface area contributed by atoms with Crippen molar-refractivity contribution in [2.75, 3.05) is 5.32 Å². The molecular formula is C20H19FN4O3. The van der Waals surface area contributed by atoms with Crippen molar-refractivity contribution in [2.24, 2.45) is 0 Å². The Morgan fingerprint density at radius 1 is 1.11 bits per heavy atom. The number of nitrogens with one attached hydrogen (secondary N) is 1. The molecule has 0 saturated heterocycles. The zero-order chi connectivity index (χ0) is 20.5. The molecule has 1 amide bonds. The fraction of sp³-hybridized carbons (Fsp3) is 0.200. The summed E-state index contributed by atoms with van der Waals surface area (Å²) >= 11 is 0. The van der Waals surface area contributed by atoms with Crippen LogP contribution in [0.3, 0.4) is 0 Å². The molecular weight excluding hydrogens is 363 g/mol. The van der Waals surface area contributed by atoms with Crippen LogP contribution in [0.25, 0.3) is 5.69 Å². The molecule has 3 rings (SSSR count). The number of amides is 1. The van der Waals surface area contributed by atoms with Crippen molar-refractivity contribution in [1.29, 1.82) is 0 Å². The summed E-state index contributed by atoms with van der Waals surface area (Å²) in [6.45, 7) is 5.98. The van der Waals surface area contributed by atoms with Gasteiger partial charge in [-0.3, -0.25) is 14.9 Å². The quantitative estimate of drug-likeness (QED) is 0.532. The Morgan fingerprint density at radius 2 is 1.71 bits per heavy atom. The maximum atomic E-state index is 13.3. The largest absolute Gasteiger partial charge is 0.306 e. The van der Waals surface area contributed by atoms with Crippen molar-refractivity contribution in [1.82, 2.24) is 9.78 Å². The molecule has 2 aromatic carbocycles. The number of carbonyl (C=O) groups excluding carboxylic acids is 1. The Morgan fingerprint density at radius 3 is 2.25 bits per heavy atom. The van der Waals surface area contributed by atoms with Gasteiger partial charge in [-0.05, 0) is 36.4 Å². The number of benzene rings is 2. The number of nitro groups is 1. The summed E-state index contributed by atoms with van der Waals surface area (Å²) in [5.41, 5.74) is 1.25. The molecule has 0 saturated carbocycles. The molecule has 1 heterocycles. The second kappa shape index (κ2) is 7.22. The fourth-order valence-electron chi connectivity index (χ4n) is 2.54. The van der Waals surface area contributed by atoms with Gasteiger partial charge in [0.15, 0.2) is 0 Å². The summed E-state index contributed by atoms with van der Waals surface area (Å²) in [4.78, 5) is 22.8. The Kier molecular flexibility index (Phi) is 4.96. The minimum atomic E-state index is -0.527. The number of hydrogen-bond acceptors (Lipinski definition) is 4. The number of carbonyl (C=O) groups is 1. The number of hydrogen-bond donors (Lipinski definition) is 1. The summed E-state index contributed by atoms with van der Waals surface area (Å²) < 4.78 is 14.8. The van der Waals surface area contributed by atoms with Gasteiger partial charge in [0.05, 0.1) is 16.3 Å². The van der Waals surface area contributed by atoms with Crippen LogP contribution in [-0.4, -0.2) is 20.6 Å². The van der Waals surface area contributed by atoms with E-state index in [9.17, 15) is 19.3 Å². The van der Waals surface area contributed by atoms with Gasteiger partial charge in [0.2, 0.25) is 0 Å². The van der Waals surface area contributed by atoms with Gasteiger partial charge in [0.25, 0.3) is 11.6 Å². The lowest BCUT2D eigenvalue weighted by molar-refractivity contribution is -0.384. The highest BCUT2D eigenvalue weighted by Gasteiger charge is 2.22. The maximum absolute atomic E-state index is 13.3. The zero-order valence-corrected chi connectivity index (χ0v) is 15.6. The van der Waals surface area contributed by atoms with Gasteiger partial charge in [-0.1, -0.05) is 20.8 Å². The van der Waals surface area contributed by atoms with E-state index >= 15 is 0 Å². The Labute approximate surface area is 161 Å². The molecule has 28 heavy (non-hydrogen) atoms. The first-order valence-electron chi connectivity index (χ1n) is 8.57. The SMILES string of the molecule is CC(C)(C)c1cc(NC(=O)c2ccc([N+](=O)[O-])cc2)n(-c2ccc(F)cc2)n1. The average Bonchev–Trinajstić information content (AvgIpc) is 3.06. The van der Waals surface area contributed by atoms with Crippen molar-refractivity contribution in [2.45, 2.75) is 26.2 Å². The van der Waals surface area contributed by atoms with E-state index in [-0.39, 0.29) is 22.5 Å². The molecule has 0 radical (unpaired) electrons. The molecule has 8 heteroatoms. The summed E-state index contributed by atoms with van der Waals surface area (Å²) in [5, 5.41) is 18.1. The number of nitro benzene ring substituents is 1. The molecule has 0 unspecified atom stereocenters. The van der Waals surface area contributed by atoms with E-state index in [1.165, 1.54) is 41.1 Å². The highest BCUT2D eigenvalue weighted by Crippen LogP contribution is 2.27. The lowest BCUT2D eigenvalue weighted by Crippen LogP contribution is -2.15. The van der Waals surface area contributed by atoms with E-state index < -0.39 is 10.8 Å². The Hall–Kier alpha value is -3.55. The molecule has 0 aliphatic heterocycles. The number of anilines is 1. The van der Waals surface area contributed by atoms with Gasteiger partial charge in [0.1, 0.15) is 11.6 Å². The molecule has 0 fully saturated rings. The number of aromatic nitrogens is 2. The van der Waals surface area contributed by atoms with Crippen LogP contribution in [0.5, 0.6) is 0 Å². The molecule has 7 nitrogen and oxygen atoms in total. The van der Waals surface area contributed by atoms with Crippen molar-refractivity contribution in [3.05, 3.63) is 81.8 Å². The number of nitrogens with zero attached hydrogens (tertiary/aromatic N) is 3. The molecule has 0 aliphatic rings. The van der Waals surface area contributed by atoms with Gasteiger partial charge in [-0.15, -0.1) is 0 Å². The Balaban J connectivity index is 1.95. The minimum absolute atomic E-state index is 0.0945. The third-order valence-electron chi connectivity index (χ3n) is 4.13. The number of non-ortho nitro benzene ring substituents is 1. The van der Waals surface area contributed by atoms with E-state index in [1.54, 1.807) is 18.2 Å². The van der Waals surface area contributed by atoms with E-state index in [2.05, 4.69) is 10.4 Å².